The third-order valence-electron chi connectivity index (χ3n) is 10.3. The number of aromatic nitrogens is 1. The standard InChI is InChI=1S/C51H34N2O/c1-5-15-35(16-6-1)36-25-28-41(29-26-36)53(48-24-14-13-23-43(48)37-17-7-2-8-18-37)42-30-31-44-46(34-42)45(38-19-9-3-10-20-38)33-40-27-32-47-50(49(40)44)54-51(52-47)39-21-11-4-12-22-39/h1-34H. The molecule has 0 aliphatic heterocycles. The SMILES string of the molecule is c1ccc(-c2ccc(N(c3ccc4c(c3)c(-c3ccccc3)cc3ccc5nc(-c6ccccc6)oc5c34)c3ccccc3-c3ccccc3)cc2)cc1. The Kier molecular flexibility index (Phi) is 7.81. The summed E-state index contributed by atoms with van der Waals surface area (Å²) >= 11 is 0. The van der Waals surface area contributed by atoms with Gasteiger partial charge in [0.1, 0.15) is 5.52 Å². The second-order valence-electron chi connectivity index (χ2n) is 13.5. The zero-order valence-electron chi connectivity index (χ0n) is 29.4. The summed E-state index contributed by atoms with van der Waals surface area (Å²) in [6.45, 7) is 0. The quantitative estimate of drug-likeness (QED) is 0.156. The molecule has 0 atom stereocenters. The van der Waals surface area contributed by atoms with Crippen molar-refractivity contribution < 1.29 is 4.42 Å². The Morgan fingerprint density at radius 1 is 0.389 bits per heavy atom. The molecule has 0 radical (unpaired) electrons. The fraction of sp³-hybridized carbons (Fsp3) is 0. The fourth-order valence-corrected chi connectivity index (χ4v) is 7.70. The smallest absolute Gasteiger partial charge is 0.227 e. The van der Waals surface area contributed by atoms with Crippen LogP contribution in [0.4, 0.5) is 17.1 Å². The van der Waals surface area contributed by atoms with E-state index in [1.807, 2.05) is 30.3 Å². The number of hydrogen-bond acceptors (Lipinski definition) is 3. The molecular formula is C51H34N2O. The van der Waals surface area contributed by atoms with Crippen molar-refractivity contribution in [2.24, 2.45) is 0 Å². The van der Waals surface area contributed by atoms with E-state index in [1.54, 1.807) is 0 Å². The van der Waals surface area contributed by atoms with E-state index in [4.69, 9.17) is 9.40 Å². The number of anilines is 3. The first kappa shape index (κ1) is 31.5. The summed E-state index contributed by atoms with van der Waals surface area (Å²) in [6, 6.07) is 73.0. The van der Waals surface area contributed by atoms with E-state index in [9.17, 15) is 0 Å². The van der Waals surface area contributed by atoms with Gasteiger partial charge >= 0.3 is 0 Å². The Bertz CT molecular complexity index is 2900. The predicted octanol–water partition coefficient (Wildman–Crippen LogP) is 14.3. The highest BCUT2D eigenvalue weighted by Crippen LogP contribution is 2.45. The summed E-state index contributed by atoms with van der Waals surface area (Å²) in [5.74, 6) is 0.623. The number of hydrogen-bond donors (Lipinski definition) is 0. The molecule has 0 spiro atoms. The van der Waals surface area contributed by atoms with Gasteiger partial charge in [-0.2, -0.15) is 0 Å². The summed E-state index contributed by atoms with van der Waals surface area (Å²) in [7, 11) is 0. The topological polar surface area (TPSA) is 29.3 Å². The Balaban J connectivity index is 1.23. The molecule has 0 bridgehead atoms. The van der Waals surface area contributed by atoms with E-state index in [0.29, 0.717) is 5.89 Å². The van der Waals surface area contributed by atoms with Gasteiger partial charge in [-0.05, 0) is 98.6 Å². The number of fused-ring (bicyclic) bond motifs is 5. The lowest BCUT2D eigenvalue weighted by atomic mass is 9.92. The monoisotopic (exact) mass is 690 g/mol. The van der Waals surface area contributed by atoms with Gasteiger partial charge in [-0.25, -0.2) is 4.98 Å². The molecule has 0 aliphatic carbocycles. The van der Waals surface area contributed by atoms with Gasteiger partial charge in [-0.3, -0.25) is 0 Å². The van der Waals surface area contributed by atoms with Gasteiger partial charge in [0.25, 0.3) is 0 Å². The maximum atomic E-state index is 6.63. The van der Waals surface area contributed by atoms with Crippen LogP contribution in [0.2, 0.25) is 0 Å². The predicted molar refractivity (Wildman–Crippen MR) is 225 cm³/mol. The maximum Gasteiger partial charge on any atom is 0.227 e. The fourth-order valence-electron chi connectivity index (χ4n) is 7.70. The van der Waals surface area contributed by atoms with Crippen LogP contribution < -0.4 is 4.90 Å². The number of nitrogens with zero attached hydrogens (tertiary/aromatic N) is 2. The third kappa shape index (κ3) is 5.60. The number of benzene rings is 9. The van der Waals surface area contributed by atoms with Crippen molar-refractivity contribution in [2.45, 2.75) is 0 Å². The van der Waals surface area contributed by atoms with Crippen molar-refractivity contribution in [2.75, 3.05) is 4.90 Å². The van der Waals surface area contributed by atoms with E-state index < -0.39 is 0 Å². The van der Waals surface area contributed by atoms with Crippen LogP contribution in [0.1, 0.15) is 0 Å². The van der Waals surface area contributed by atoms with Gasteiger partial charge in [0.2, 0.25) is 5.89 Å². The lowest BCUT2D eigenvalue weighted by molar-refractivity contribution is 0.623. The molecule has 10 aromatic rings. The zero-order valence-corrected chi connectivity index (χ0v) is 29.4. The molecule has 10 rings (SSSR count). The largest absolute Gasteiger partial charge is 0.435 e. The molecule has 9 aromatic carbocycles. The summed E-state index contributed by atoms with van der Waals surface area (Å²) in [5.41, 5.74) is 12.9. The van der Waals surface area contributed by atoms with E-state index >= 15 is 0 Å². The van der Waals surface area contributed by atoms with Crippen molar-refractivity contribution >= 4 is 49.7 Å². The minimum absolute atomic E-state index is 0.623. The van der Waals surface area contributed by atoms with E-state index in [-0.39, 0.29) is 0 Å². The second-order valence-corrected chi connectivity index (χ2v) is 13.5. The lowest BCUT2D eigenvalue weighted by Gasteiger charge is -2.28. The van der Waals surface area contributed by atoms with E-state index in [2.05, 4.69) is 181 Å². The highest BCUT2D eigenvalue weighted by Gasteiger charge is 2.21. The number of rotatable bonds is 7. The molecule has 54 heavy (non-hydrogen) atoms. The molecule has 3 heteroatoms. The molecule has 1 aromatic heterocycles. The van der Waals surface area contributed by atoms with Crippen molar-refractivity contribution in [3.05, 3.63) is 206 Å². The zero-order chi connectivity index (χ0) is 35.8. The molecular weight excluding hydrogens is 657 g/mol. The van der Waals surface area contributed by atoms with Crippen molar-refractivity contribution in [1.29, 1.82) is 0 Å². The summed E-state index contributed by atoms with van der Waals surface area (Å²) in [5, 5.41) is 4.43. The Hall–Kier alpha value is -7.23. The highest BCUT2D eigenvalue weighted by molar-refractivity contribution is 6.22. The van der Waals surface area contributed by atoms with Gasteiger partial charge in [0.05, 0.1) is 5.69 Å². The normalized spacial score (nSPS) is 11.3. The van der Waals surface area contributed by atoms with Crippen LogP contribution in [0.25, 0.3) is 77.5 Å². The van der Waals surface area contributed by atoms with Crippen LogP contribution in [0.15, 0.2) is 211 Å². The van der Waals surface area contributed by atoms with Gasteiger partial charge in [0, 0.05) is 27.9 Å². The molecule has 0 fully saturated rings. The van der Waals surface area contributed by atoms with Gasteiger partial charge in [-0.15, -0.1) is 0 Å². The molecule has 0 saturated carbocycles. The summed E-state index contributed by atoms with van der Waals surface area (Å²) < 4.78 is 6.63. The number of para-hydroxylation sites is 1. The van der Waals surface area contributed by atoms with Gasteiger partial charge in [0.15, 0.2) is 5.58 Å². The molecule has 1 heterocycles. The molecule has 254 valence electrons. The Morgan fingerprint density at radius 2 is 0.944 bits per heavy atom. The summed E-state index contributed by atoms with van der Waals surface area (Å²) in [6.07, 6.45) is 0. The molecule has 0 N–H and O–H groups in total. The molecule has 0 saturated heterocycles. The van der Waals surface area contributed by atoms with Gasteiger partial charge < -0.3 is 9.32 Å². The first-order chi connectivity index (χ1) is 26.8. The summed E-state index contributed by atoms with van der Waals surface area (Å²) in [4.78, 5) is 7.33. The third-order valence-corrected chi connectivity index (χ3v) is 10.3. The van der Waals surface area contributed by atoms with E-state index in [1.165, 1.54) is 11.1 Å². The van der Waals surface area contributed by atoms with Crippen LogP contribution in [0.5, 0.6) is 0 Å². The van der Waals surface area contributed by atoms with Crippen LogP contribution in [-0.4, -0.2) is 4.98 Å². The van der Waals surface area contributed by atoms with Crippen molar-refractivity contribution in [1.82, 2.24) is 4.98 Å². The minimum Gasteiger partial charge on any atom is -0.435 e. The molecule has 0 amide bonds. The van der Waals surface area contributed by atoms with Crippen molar-refractivity contribution in [3.8, 4) is 44.8 Å². The Morgan fingerprint density at radius 3 is 1.63 bits per heavy atom. The first-order valence-corrected chi connectivity index (χ1v) is 18.3. The minimum atomic E-state index is 0.623. The average Bonchev–Trinajstić information content (AvgIpc) is 3.70. The molecule has 0 unspecified atom stereocenters. The van der Waals surface area contributed by atoms with Crippen molar-refractivity contribution in [3.63, 3.8) is 0 Å². The second kappa shape index (κ2) is 13.4. The maximum absolute atomic E-state index is 6.63. The average molecular weight is 691 g/mol. The van der Waals surface area contributed by atoms with Crippen LogP contribution in [-0.2, 0) is 0 Å². The first-order valence-electron chi connectivity index (χ1n) is 18.3. The lowest BCUT2D eigenvalue weighted by Crippen LogP contribution is -2.11. The highest BCUT2D eigenvalue weighted by atomic mass is 16.3. The Labute approximate surface area is 314 Å². The van der Waals surface area contributed by atoms with Crippen LogP contribution in [0.3, 0.4) is 0 Å². The number of oxazole rings is 1. The van der Waals surface area contributed by atoms with Gasteiger partial charge in [-0.1, -0.05) is 152 Å². The molecule has 3 nitrogen and oxygen atoms in total. The van der Waals surface area contributed by atoms with Crippen LogP contribution in [0, 0.1) is 0 Å². The molecule has 0 aliphatic rings. The van der Waals surface area contributed by atoms with Crippen LogP contribution >= 0.6 is 0 Å². The van der Waals surface area contributed by atoms with E-state index in [0.717, 1.165) is 77.5 Å².